The van der Waals surface area contributed by atoms with Crippen LogP contribution in [-0.2, 0) is 0 Å². The second-order valence-electron chi connectivity index (χ2n) is 4.06. The number of pyridine rings is 1. The van der Waals surface area contributed by atoms with E-state index in [0.29, 0.717) is 11.8 Å². The summed E-state index contributed by atoms with van der Waals surface area (Å²) >= 11 is 5.92. The van der Waals surface area contributed by atoms with Gasteiger partial charge in [0.05, 0.1) is 7.11 Å². The van der Waals surface area contributed by atoms with Crippen molar-refractivity contribution < 1.29 is 4.74 Å². The minimum atomic E-state index is -0.0894. The van der Waals surface area contributed by atoms with E-state index in [2.05, 4.69) is 23.7 Å². The highest BCUT2D eigenvalue weighted by molar-refractivity contribution is 6.18. The first-order valence-corrected chi connectivity index (χ1v) is 5.34. The molecule has 0 saturated heterocycles. The maximum Gasteiger partial charge on any atom is 0.214 e. The lowest BCUT2D eigenvalue weighted by Gasteiger charge is -2.35. The number of anilines is 1. The molecule has 0 amide bonds. The normalized spacial score (nSPS) is 11.3. The van der Waals surface area contributed by atoms with Gasteiger partial charge in [0.2, 0.25) is 5.88 Å². The summed E-state index contributed by atoms with van der Waals surface area (Å²) in [6, 6.07) is 3.84. The second kappa shape index (κ2) is 4.71. The van der Waals surface area contributed by atoms with Gasteiger partial charge in [-0.25, -0.2) is 4.98 Å². The van der Waals surface area contributed by atoms with E-state index < -0.39 is 0 Å². The third kappa shape index (κ3) is 2.75. The van der Waals surface area contributed by atoms with Crippen LogP contribution < -0.4 is 9.64 Å². The minimum Gasteiger partial charge on any atom is -0.481 e. The first-order chi connectivity index (χ1) is 7.01. The van der Waals surface area contributed by atoms with Crippen LogP contribution in [0.15, 0.2) is 18.3 Å². The van der Waals surface area contributed by atoms with E-state index in [4.69, 9.17) is 16.3 Å². The Morgan fingerprint density at radius 3 is 2.73 bits per heavy atom. The lowest BCUT2D eigenvalue weighted by molar-refractivity contribution is 0.397. The molecular formula is C11H17ClN2O. The van der Waals surface area contributed by atoms with Crippen LogP contribution >= 0.6 is 11.6 Å². The summed E-state index contributed by atoms with van der Waals surface area (Å²) in [7, 11) is 3.62. The molecule has 0 fully saturated rings. The van der Waals surface area contributed by atoms with Crippen LogP contribution in [0.5, 0.6) is 5.88 Å². The van der Waals surface area contributed by atoms with Gasteiger partial charge in [-0.15, -0.1) is 11.6 Å². The molecule has 1 rings (SSSR count). The number of hydrogen-bond acceptors (Lipinski definition) is 3. The van der Waals surface area contributed by atoms with Crippen LogP contribution in [0.4, 0.5) is 5.69 Å². The maximum atomic E-state index is 5.92. The SMILES string of the molecule is COc1cc(N(C)C(C)(C)CCl)ccn1. The van der Waals surface area contributed by atoms with Crippen LogP contribution in [0.25, 0.3) is 0 Å². The zero-order chi connectivity index (χ0) is 11.5. The van der Waals surface area contributed by atoms with Crippen molar-refractivity contribution in [2.75, 3.05) is 24.9 Å². The number of alkyl halides is 1. The topological polar surface area (TPSA) is 25.4 Å². The number of hydrogen-bond donors (Lipinski definition) is 0. The molecule has 0 aromatic carbocycles. The molecule has 0 aliphatic heterocycles. The van der Waals surface area contributed by atoms with Crippen molar-refractivity contribution in [1.82, 2.24) is 4.98 Å². The summed E-state index contributed by atoms with van der Waals surface area (Å²) < 4.78 is 5.08. The summed E-state index contributed by atoms with van der Waals surface area (Å²) in [5, 5.41) is 0. The van der Waals surface area contributed by atoms with E-state index in [1.165, 1.54) is 0 Å². The summed E-state index contributed by atoms with van der Waals surface area (Å²) in [6.45, 7) is 4.18. The van der Waals surface area contributed by atoms with Crippen molar-refractivity contribution in [3.8, 4) is 5.88 Å². The molecule has 15 heavy (non-hydrogen) atoms. The molecule has 0 atom stereocenters. The number of rotatable bonds is 4. The zero-order valence-corrected chi connectivity index (χ0v) is 10.4. The van der Waals surface area contributed by atoms with Crippen molar-refractivity contribution in [2.24, 2.45) is 0 Å². The summed E-state index contributed by atoms with van der Waals surface area (Å²) in [5.41, 5.74) is 0.959. The minimum absolute atomic E-state index is 0.0894. The molecule has 0 spiro atoms. The van der Waals surface area contributed by atoms with Crippen molar-refractivity contribution in [2.45, 2.75) is 19.4 Å². The quantitative estimate of drug-likeness (QED) is 0.741. The number of ether oxygens (including phenoxy) is 1. The van der Waals surface area contributed by atoms with Crippen molar-refractivity contribution in [3.05, 3.63) is 18.3 Å². The predicted molar refractivity (Wildman–Crippen MR) is 64.0 cm³/mol. The summed E-state index contributed by atoms with van der Waals surface area (Å²) in [6.07, 6.45) is 1.73. The highest BCUT2D eigenvalue weighted by Gasteiger charge is 2.22. The molecule has 0 saturated carbocycles. The fraction of sp³-hybridized carbons (Fsp3) is 0.545. The Morgan fingerprint density at radius 1 is 1.53 bits per heavy atom. The van der Waals surface area contributed by atoms with Crippen molar-refractivity contribution >= 4 is 17.3 Å². The molecule has 3 nitrogen and oxygen atoms in total. The molecule has 1 heterocycles. The number of nitrogens with zero attached hydrogens (tertiary/aromatic N) is 2. The van der Waals surface area contributed by atoms with Crippen LogP contribution in [0, 0.1) is 0 Å². The van der Waals surface area contributed by atoms with E-state index >= 15 is 0 Å². The van der Waals surface area contributed by atoms with E-state index in [0.717, 1.165) is 5.69 Å². The van der Waals surface area contributed by atoms with Crippen LogP contribution in [-0.4, -0.2) is 30.6 Å². The van der Waals surface area contributed by atoms with Gasteiger partial charge in [0.15, 0.2) is 0 Å². The largest absolute Gasteiger partial charge is 0.481 e. The third-order valence-electron chi connectivity index (χ3n) is 2.55. The molecule has 1 aromatic rings. The zero-order valence-electron chi connectivity index (χ0n) is 9.62. The van der Waals surface area contributed by atoms with Crippen LogP contribution in [0.1, 0.15) is 13.8 Å². The predicted octanol–water partition coefficient (Wildman–Crippen LogP) is 2.54. The number of aromatic nitrogens is 1. The molecule has 0 aliphatic rings. The Kier molecular flexibility index (Phi) is 3.80. The fourth-order valence-electron chi connectivity index (χ4n) is 1.16. The standard InChI is InChI=1S/C11H17ClN2O/c1-11(2,8-12)14(3)9-5-6-13-10(7-9)15-4/h5-7H,8H2,1-4H3. The van der Waals surface area contributed by atoms with Gasteiger partial charge in [0.1, 0.15) is 0 Å². The molecule has 84 valence electrons. The fourth-order valence-corrected chi connectivity index (χ4v) is 1.34. The average Bonchev–Trinajstić information content (AvgIpc) is 2.28. The van der Waals surface area contributed by atoms with Crippen LogP contribution in [0.2, 0.25) is 0 Å². The highest BCUT2D eigenvalue weighted by Crippen LogP contribution is 2.25. The van der Waals surface area contributed by atoms with Gasteiger partial charge in [0.25, 0.3) is 0 Å². The molecule has 4 heteroatoms. The highest BCUT2D eigenvalue weighted by atomic mass is 35.5. The smallest absolute Gasteiger partial charge is 0.214 e. The first-order valence-electron chi connectivity index (χ1n) is 4.81. The Labute approximate surface area is 96.0 Å². The summed E-state index contributed by atoms with van der Waals surface area (Å²) in [4.78, 5) is 6.18. The van der Waals surface area contributed by atoms with Gasteiger partial charge < -0.3 is 9.64 Å². The van der Waals surface area contributed by atoms with Gasteiger partial charge in [0, 0.05) is 36.4 Å². The van der Waals surface area contributed by atoms with E-state index in [9.17, 15) is 0 Å². The number of halogens is 1. The lowest BCUT2D eigenvalue weighted by atomic mass is 10.1. The molecule has 0 aliphatic carbocycles. The molecule has 0 bridgehead atoms. The molecular weight excluding hydrogens is 212 g/mol. The average molecular weight is 229 g/mol. The van der Waals surface area contributed by atoms with Crippen molar-refractivity contribution in [1.29, 1.82) is 0 Å². The maximum absolute atomic E-state index is 5.92. The van der Waals surface area contributed by atoms with E-state index in [1.807, 2.05) is 19.2 Å². The first kappa shape index (κ1) is 12.1. The second-order valence-corrected chi connectivity index (χ2v) is 4.33. The van der Waals surface area contributed by atoms with E-state index in [1.54, 1.807) is 13.3 Å². The Morgan fingerprint density at radius 2 is 2.20 bits per heavy atom. The van der Waals surface area contributed by atoms with Crippen molar-refractivity contribution in [3.63, 3.8) is 0 Å². The number of methoxy groups -OCH3 is 1. The van der Waals surface area contributed by atoms with E-state index in [-0.39, 0.29) is 5.54 Å². The Hall–Kier alpha value is -0.960. The van der Waals surface area contributed by atoms with Gasteiger partial charge in [-0.1, -0.05) is 0 Å². The third-order valence-corrected chi connectivity index (χ3v) is 3.20. The lowest BCUT2D eigenvalue weighted by Crippen LogP contribution is -2.42. The van der Waals surface area contributed by atoms with Crippen LogP contribution in [0.3, 0.4) is 0 Å². The Balaban J connectivity index is 2.95. The molecule has 1 aromatic heterocycles. The van der Waals surface area contributed by atoms with Gasteiger partial charge >= 0.3 is 0 Å². The molecule has 0 unspecified atom stereocenters. The van der Waals surface area contributed by atoms with Gasteiger partial charge in [-0.3, -0.25) is 0 Å². The van der Waals surface area contributed by atoms with Gasteiger partial charge in [-0.2, -0.15) is 0 Å². The molecule has 0 N–H and O–H groups in total. The molecule has 0 radical (unpaired) electrons. The Bertz CT molecular complexity index is 328. The monoisotopic (exact) mass is 228 g/mol. The summed E-state index contributed by atoms with van der Waals surface area (Å²) in [5.74, 6) is 1.18. The van der Waals surface area contributed by atoms with Gasteiger partial charge in [-0.05, 0) is 19.9 Å².